The summed E-state index contributed by atoms with van der Waals surface area (Å²) in [5.41, 5.74) is 2.80. The minimum absolute atomic E-state index is 0.334. The van der Waals surface area contributed by atoms with E-state index in [9.17, 15) is 0 Å². The predicted molar refractivity (Wildman–Crippen MR) is 73.2 cm³/mol. The molecule has 0 atom stereocenters. The van der Waals surface area contributed by atoms with Crippen LogP contribution in [0.2, 0.25) is 0 Å². The van der Waals surface area contributed by atoms with E-state index in [1.807, 2.05) is 31.2 Å². The maximum absolute atomic E-state index is 5.67. The smallest absolute Gasteiger partial charge is 0.257 e. The lowest BCUT2D eigenvalue weighted by atomic mass is 10.1. The second-order valence-electron chi connectivity index (χ2n) is 4.42. The fraction of sp³-hybridized carbons (Fsp3) is 0.231. The van der Waals surface area contributed by atoms with Crippen LogP contribution in [0.4, 0.5) is 0 Å². The molecule has 6 nitrogen and oxygen atoms in total. The van der Waals surface area contributed by atoms with Gasteiger partial charge in [-0.3, -0.25) is 0 Å². The number of hydrogen-bond donors (Lipinski definition) is 0. The van der Waals surface area contributed by atoms with E-state index in [4.69, 9.17) is 16.1 Å². The van der Waals surface area contributed by atoms with Gasteiger partial charge < -0.3 is 4.52 Å². The highest BCUT2D eigenvalue weighted by Crippen LogP contribution is 2.17. The Morgan fingerprint density at radius 1 is 1.25 bits per heavy atom. The van der Waals surface area contributed by atoms with Crippen molar-refractivity contribution in [3.8, 4) is 11.5 Å². The molecule has 0 N–H and O–H groups in total. The number of benzene rings is 1. The third-order valence-electron chi connectivity index (χ3n) is 2.79. The van der Waals surface area contributed by atoms with Crippen LogP contribution in [0.25, 0.3) is 11.5 Å². The van der Waals surface area contributed by atoms with Gasteiger partial charge in [-0.15, -0.1) is 16.7 Å². The number of nitrogens with zero attached hydrogens (tertiary/aromatic N) is 5. The summed E-state index contributed by atoms with van der Waals surface area (Å²) in [4.78, 5) is 4.34. The Labute approximate surface area is 120 Å². The van der Waals surface area contributed by atoms with Gasteiger partial charge in [0.05, 0.1) is 17.8 Å². The van der Waals surface area contributed by atoms with E-state index in [1.54, 1.807) is 10.9 Å². The summed E-state index contributed by atoms with van der Waals surface area (Å²) in [7, 11) is 0. The Hall–Kier alpha value is -2.21. The quantitative estimate of drug-likeness (QED) is 0.690. The molecule has 3 rings (SSSR count). The van der Waals surface area contributed by atoms with E-state index in [0.717, 1.165) is 5.56 Å². The first kappa shape index (κ1) is 12.8. The monoisotopic (exact) mass is 289 g/mol. The number of rotatable bonds is 4. The van der Waals surface area contributed by atoms with Gasteiger partial charge in [0, 0.05) is 5.56 Å². The van der Waals surface area contributed by atoms with Gasteiger partial charge in [-0.1, -0.05) is 28.1 Å². The third-order valence-corrected chi connectivity index (χ3v) is 3.07. The van der Waals surface area contributed by atoms with Gasteiger partial charge >= 0.3 is 0 Å². The zero-order valence-corrected chi connectivity index (χ0v) is 11.6. The predicted octanol–water partition coefficient (Wildman–Crippen LogP) is 2.42. The van der Waals surface area contributed by atoms with Crippen LogP contribution in [0.3, 0.4) is 0 Å². The van der Waals surface area contributed by atoms with Crippen molar-refractivity contribution in [2.24, 2.45) is 0 Å². The van der Waals surface area contributed by atoms with Crippen LogP contribution in [0, 0.1) is 6.92 Å². The molecule has 2 aromatic heterocycles. The first-order valence-corrected chi connectivity index (χ1v) is 6.62. The van der Waals surface area contributed by atoms with E-state index in [2.05, 4.69) is 20.5 Å². The molecule has 0 saturated heterocycles. The number of aryl methyl sites for hydroxylation is 1. The molecule has 0 fully saturated rings. The molecular formula is C13H12ClN5O. The lowest BCUT2D eigenvalue weighted by Gasteiger charge is -1.94. The highest BCUT2D eigenvalue weighted by molar-refractivity contribution is 6.16. The Kier molecular flexibility index (Phi) is 3.47. The topological polar surface area (TPSA) is 69.6 Å². The number of halogens is 1. The zero-order chi connectivity index (χ0) is 13.9. The lowest BCUT2D eigenvalue weighted by molar-refractivity contribution is 0.418. The second kappa shape index (κ2) is 5.42. The molecule has 2 heterocycles. The number of aromatic nitrogens is 5. The molecule has 7 heteroatoms. The summed E-state index contributed by atoms with van der Waals surface area (Å²) < 4.78 is 6.87. The summed E-state index contributed by atoms with van der Waals surface area (Å²) >= 11 is 5.67. The van der Waals surface area contributed by atoms with Gasteiger partial charge in [0.15, 0.2) is 5.82 Å². The Morgan fingerprint density at radius 3 is 2.75 bits per heavy atom. The van der Waals surface area contributed by atoms with Crippen LogP contribution in [0.15, 0.2) is 35.0 Å². The fourth-order valence-corrected chi connectivity index (χ4v) is 1.88. The molecule has 0 bridgehead atoms. The molecule has 0 saturated carbocycles. The first-order valence-electron chi connectivity index (χ1n) is 6.09. The molecule has 0 unspecified atom stereocenters. The summed E-state index contributed by atoms with van der Waals surface area (Å²) in [5, 5.41) is 11.8. The summed E-state index contributed by atoms with van der Waals surface area (Å²) in [6, 6.07) is 7.91. The molecule has 0 radical (unpaired) electrons. The fourth-order valence-electron chi connectivity index (χ4n) is 1.75. The van der Waals surface area contributed by atoms with Crippen LogP contribution in [0.5, 0.6) is 0 Å². The maximum Gasteiger partial charge on any atom is 0.257 e. The SMILES string of the molecule is Cc1ccc(-c2nc(Cn3cc(CCl)nn3)no2)cc1. The van der Waals surface area contributed by atoms with Crippen molar-refractivity contribution < 1.29 is 4.52 Å². The number of alkyl halides is 1. The second-order valence-corrected chi connectivity index (χ2v) is 4.69. The number of hydrogen-bond acceptors (Lipinski definition) is 5. The van der Waals surface area contributed by atoms with Crippen LogP contribution in [-0.4, -0.2) is 25.1 Å². The highest BCUT2D eigenvalue weighted by atomic mass is 35.5. The van der Waals surface area contributed by atoms with Crippen molar-refractivity contribution in [3.63, 3.8) is 0 Å². The molecule has 0 amide bonds. The summed E-state index contributed by atoms with van der Waals surface area (Å²) in [5.74, 6) is 1.38. The highest BCUT2D eigenvalue weighted by Gasteiger charge is 2.10. The molecule has 3 aromatic rings. The molecule has 0 aliphatic heterocycles. The van der Waals surface area contributed by atoms with E-state index in [-0.39, 0.29) is 0 Å². The van der Waals surface area contributed by atoms with Crippen molar-refractivity contribution >= 4 is 11.6 Å². The Bertz CT molecular complexity index is 704. The summed E-state index contributed by atoms with van der Waals surface area (Å²) in [6.45, 7) is 2.43. The Balaban J connectivity index is 1.78. The normalized spacial score (nSPS) is 10.9. The van der Waals surface area contributed by atoms with E-state index in [1.165, 1.54) is 5.56 Å². The van der Waals surface area contributed by atoms with Gasteiger partial charge in [-0.2, -0.15) is 4.98 Å². The molecule has 0 aliphatic carbocycles. The average molecular weight is 290 g/mol. The van der Waals surface area contributed by atoms with Crippen LogP contribution in [-0.2, 0) is 12.4 Å². The molecule has 0 aliphatic rings. The van der Waals surface area contributed by atoms with Crippen molar-refractivity contribution in [2.75, 3.05) is 0 Å². The lowest BCUT2D eigenvalue weighted by Crippen LogP contribution is -2.02. The third kappa shape index (κ3) is 2.70. The molecular weight excluding hydrogens is 278 g/mol. The van der Waals surface area contributed by atoms with Gasteiger partial charge in [0.1, 0.15) is 6.54 Å². The molecule has 20 heavy (non-hydrogen) atoms. The van der Waals surface area contributed by atoms with Crippen molar-refractivity contribution in [2.45, 2.75) is 19.3 Å². The van der Waals surface area contributed by atoms with Crippen molar-refractivity contribution in [1.82, 2.24) is 25.1 Å². The van der Waals surface area contributed by atoms with Crippen LogP contribution in [0.1, 0.15) is 17.1 Å². The van der Waals surface area contributed by atoms with Gasteiger partial charge in [0.25, 0.3) is 5.89 Å². The Morgan fingerprint density at radius 2 is 2.05 bits per heavy atom. The average Bonchev–Trinajstić information content (AvgIpc) is 3.09. The van der Waals surface area contributed by atoms with Gasteiger partial charge in [0.2, 0.25) is 0 Å². The van der Waals surface area contributed by atoms with Gasteiger partial charge in [-0.25, -0.2) is 4.68 Å². The minimum atomic E-state index is 0.334. The van der Waals surface area contributed by atoms with Crippen LogP contribution >= 0.6 is 11.6 Å². The molecule has 102 valence electrons. The maximum atomic E-state index is 5.67. The minimum Gasteiger partial charge on any atom is -0.334 e. The van der Waals surface area contributed by atoms with E-state index < -0.39 is 0 Å². The van der Waals surface area contributed by atoms with E-state index >= 15 is 0 Å². The van der Waals surface area contributed by atoms with Crippen molar-refractivity contribution in [1.29, 1.82) is 0 Å². The molecule has 0 spiro atoms. The van der Waals surface area contributed by atoms with E-state index in [0.29, 0.717) is 29.8 Å². The molecule has 1 aromatic carbocycles. The zero-order valence-electron chi connectivity index (χ0n) is 10.8. The van der Waals surface area contributed by atoms with Crippen molar-refractivity contribution in [3.05, 3.63) is 47.5 Å². The standard InChI is InChI=1S/C13H12ClN5O/c1-9-2-4-10(5-3-9)13-15-12(17-20-13)8-19-7-11(6-14)16-18-19/h2-5,7H,6,8H2,1H3. The van der Waals surface area contributed by atoms with Crippen LogP contribution < -0.4 is 0 Å². The largest absolute Gasteiger partial charge is 0.334 e. The first-order chi connectivity index (χ1) is 9.74. The summed E-state index contributed by atoms with van der Waals surface area (Å²) in [6.07, 6.45) is 1.76. The van der Waals surface area contributed by atoms with Gasteiger partial charge in [-0.05, 0) is 19.1 Å².